The molecule has 1 saturated heterocycles. The quantitative estimate of drug-likeness (QED) is 0.585. The van der Waals surface area contributed by atoms with Gasteiger partial charge in [0.1, 0.15) is 6.04 Å². The van der Waals surface area contributed by atoms with Crippen LogP contribution in [0.1, 0.15) is 36.6 Å². The van der Waals surface area contributed by atoms with E-state index in [0.29, 0.717) is 5.69 Å². The summed E-state index contributed by atoms with van der Waals surface area (Å²) in [5, 5.41) is 6.89. The molecule has 0 bridgehead atoms. The van der Waals surface area contributed by atoms with Gasteiger partial charge in [-0.15, -0.1) is 0 Å². The Hall–Kier alpha value is -3.61. The van der Waals surface area contributed by atoms with Crippen LogP contribution in [0.2, 0.25) is 0 Å². The van der Waals surface area contributed by atoms with E-state index in [1.54, 1.807) is 24.3 Å². The summed E-state index contributed by atoms with van der Waals surface area (Å²) in [5.41, 5.74) is 3.87. The molecule has 0 radical (unpaired) electrons. The van der Waals surface area contributed by atoms with Gasteiger partial charge in [-0.3, -0.25) is 9.59 Å². The number of H-pyrrole nitrogens is 1. The van der Waals surface area contributed by atoms with Gasteiger partial charge in [0.15, 0.2) is 0 Å². The number of imide groups is 1. The van der Waals surface area contributed by atoms with Gasteiger partial charge in [-0.1, -0.05) is 36.4 Å². The van der Waals surface area contributed by atoms with Crippen LogP contribution in [0.5, 0.6) is 0 Å². The number of aromatic nitrogens is 1. The molecule has 2 atom stereocenters. The minimum Gasteiger partial charge on any atom is -0.356 e. The van der Waals surface area contributed by atoms with Crippen LogP contribution in [0, 0.1) is 0 Å². The van der Waals surface area contributed by atoms with Crippen molar-refractivity contribution in [2.24, 2.45) is 0 Å². The molecule has 5 rings (SSSR count). The molecule has 1 aliphatic carbocycles. The lowest BCUT2D eigenvalue weighted by Gasteiger charge is -2.24. The van der Waals surface area contributed by atoms with Gasteiger partial charge in [0, 0.05) is 16.6 Å². The fourth-order valence-corrected chi connectivity index (χ4v) is 4.49. The Morgan fingerprint density at radius 3 is 2.67 bits per heavy atom. The zero-order valence-electron chi connectivity index (χ0n) is 16.4. The number of hydrogen-bond donors (Lipinski definition) is 3. The monoisotopic (exact) mass is 402 g/mol. The molecule has 2 unspecified atom stereocenters. The summed E-state index contributed by atoms with van der Waals surface area (Å²) in [4.78, 5) is 42.3. The van der Waals surface area contributed by atoms with Crippen LogP contribution in [0.3, 0.4) is 0 Å². The Bertz CT molecular complexity index is 1140. The molecule has 0 spiro atoms. The van der Waals surface area contributed by atoms with Crippen LogP contribution in [0.25, 0.3) is 10.9 Å². The number of rotatable bonds is 4. The van der Waals surface area contributed by atoms with E-state index in [4.69, 9.17) is 0 Å². The van der Waals surface area contributed by atoms with Crippen LogP contribution >= 0.6 is 0 Å². The number of aryl methyl sites for hydroxylation is 1. The van der Waals surface area contributed by atoms with Gasteiger partial charge in [-0.05, 0) is 43.0 Å². The minimum absolute atomic E-state index is 0.0834. The first-order valence-electron chi connectivity index (χ1n) is 10.2. The number of benzene rings is 2. The molecule has 7 heteroatoms. The summed E-state index contributed by atoms with van der Waals surface area (Å²) >= 11 is 0. The number of carbonyl (C=O) groups excluding carboxylic acids is 3. The van der Waals surface area contributed by atoms with Gasteiger partial charge in [0.05, 0.1) is 18.2 Å². The maximum atomic E-state index is 12.7. The van der Waals surface area contributed by atoms with Gasteiger partial charge in [-0.2, -0.15) is 0 Å². The third-order valence-electron chi connectivity index (χ3n) is 5.87. The average molecular weight is 402 g/mol. The second kappa shape index (κ2) is 7.33. The number of amides is 4. The van der Waals surface area contributed by atoms with Crippen molar-refractivity contribution in [3.05, 3.63) is 65.9 Å². The predicted molar refractivity (Wildman–Crippen MR) is 113 cm³/mol. The zero-order chi connectivity index (χ0) is 20.7. The molecular weight excluding hydrogens is 380 g/mol. The smallest absolute Gasteiger partial charge is 0.329 e. The lowest BCUT2D eigenvalue weighted by molar-refractivity contribution is -0.126. The van der Waals surface area contributed by atoms with Crippen molar-refractivity contribution in [3.63, 3.8) is 0 Å². The predicted octanol–water partition coefficient (Wildman–Crippen LogP) is 3.18. The minimum atomic E-state index is -0.858. The standard InChI is InChI=1S/C23H22N4O3/c28-20(13-19-22(29)27(23(30)26-19)14-7-2-1-3-8-14)24-18-12-6-10-16-15-9-4-5-11-17(15)25-21(16)18/h1-5,7-9,11,18-19,25H,6,10,12-13H2,(H,24,28)(H,26,30). The van der Waals surface area contributed by atoms with E-state index in [9.17, 15) is 14.4 Å². The number of hydrogen-bond acceptors (Lipinski definition) is 3. The van der Waals surface area contributed by atoms with Crippen molar-refractivity contribution < 1.29 is 14.4 Å². The highest BCUT2D eigenvalue weighted by molar-refractivity contribution is 6.22. The molecule has 4 amide bonds. The maximum Gasteiger partial charge on any atom is 0.329 e. The molecule has 1 fully saturated rings. The summed E-state index contributed by atoms with van der Waals surface area (Å²) in [7, 11) is 0. The van der Waals surface area contributed by atoms with E-state index in [2.05, 4.69) is 21.7 Å². The summed E-state index contributed by atoms with van der Waals surface area (Å²) in [6.07, 6.45) is 2.72. The lowest BCUT2D eigenvalue weighted by Crippen LogP contribution is -2.38. The van der Waals surface area contributed by atoms with Crippen molar-refractivity contribution >= 4 is 34.4 Å². The summed E-state index contributed by atoms with van der Waals surface area (Å²) in [6.45, 7) is 0. The molecular formula is C23H22N4O3. The molecule has 2 aromatic carbocycles. The molecule has 0 saturated carbocycles. The Morgan fingerprint density at radius 2 is 1.83 bits per heavy atom. The van der Waals surface area contributed by atoms with Crippen molar-refractivity contribution in [2.75, 3.05) is 4.90 Å². The number of anilines is 1. The van der Waals surface area contributed by atoms with E-state index in [1.807, 2.05) is 24.3 Å². The van der Waals surface area contributed by atoms with Gasteiger partial charge in [-0.25, -0.2) is 9.69 Å². The van der Waals surface area contributed by atoms with E-state index in [0.717, 1.165) is 35.4 Å². The Morgan fingerprint density at radius 1 is 1.07 bits per heavy atom. The van der Waals surface area contributed by atoms with Crippen molar-refractivity contribution in [1.82, 2.24) is 15.6 Å². The SMILES string of the molecule is O=C(CC1NC(=O)N(c2ccccc2)C1=O)NC1CCCc2c1[nH]c1ccccc21. The van der Waals surface area contributed by atoms with Crippen LogP contribution in [-0.4, -0.2) is 28.9 Å². The zero-order valence-corrected chi connectivity index (χ0v) is 16.4. The van der Waals surface area contributed by atoms with Crippen LogP contribution < -0.4 is 15.5 Å². The summed E-state index contributed by atoms with van der Waals surface area (Å²) < 4.78 is 0. The topological polar surface area (TPSA) is 94.3 Å². The Labute approximate surface area is 173 Å². The molecule has 30 heavy (non-hydrogen) atoms. The molecule has 7 nitrogen and oxygen atoms in total. The highest BCUT2D eigenvalue weighted by Crippen LogP contribution is 2.34. The second-order valence-corrected chi connectivity index (χ2v) is 7.79. The van der Waals surface area contributed by atoms with Crippen LogP contribution in [0.4, 0.5) is 10.5 Å². The summed E-state index contributed by atoms with van der Waals surface area (Å²) in [5.74, 6) is -0.656. The number of para-hydroxylation sites is 2. The highest BCUT2D eigenvalue weighted by atomic mass is 16.2. The Kier molecular flexibility index (Phi) is 4.50. The van der Waals surface area contributed by atoms with Crippen molar-refractivity contribution in [3.8, 4) is 0 Å². The largest absolute Gasteiger partial charge is 0.356 e. The maximum absolute atomic E-state index is 12.7. The molecule has 1 aliphatic heterocycles. The number of carbonyl (C=O) groups is 3. The van der Waals surface area contributed by atoms with E-state index in [1.165, 1.54) is 10.9 Å². The lowest BCUT2D eigenvalue weighted by atomic mass is 9.91. The molecule has 2 aliphatic rings. The van der Waals surface area contributed by atoms with E-state index < -0.39 is 18.0 Å². The first-order chi connectivity index (χ1) is 14.6. The Balaban J connectivity index is 1.30. The third-order valence-corrected chi connectivity index (χ3v) is 5.87. The number of nitrogens with zero attached hydrogens (tertiary/aromatic N) is 1. The number of fused-ring (bicyclic) bond motifs is 3. The number of aromatic amines is 1. The van der Waals surface area contributed by atoms with Crippen molar-refractivity contribution in [2.45, 2.75) is 37.8 Å². The number of nitrogens with one attached hydrogen (secondary N) is 3. The normalized spacial score (nSPS) is 20.9. The molecule has 2 heterocycles. The molecule has 152 valence electrons. The fourth-order valence-electron chi connectivity index (χ4n) is 4.49. The van der Waals surface area contributed by atoms with Gasteiger partial charge in [0.25, 0.3) is 5.91 Å². The second-order valence-electron chi connectivity index (χ2n) is 7.79. The number of urea groups is 1. The third kappa shape index (κ3) is 3.12. The fraction of sp³-hybridized carbons (Fsp3) is 0.261. The van der Waals surface area contributed by atoms with E-state index in [-0.39, 0.29) is 18.4 Å². The van der Waals surface area contributed by atoms with Crippen molar-refractivity contribution in [1.29, 1.82) is 0 Å². The van der Waals surface area contributed by atoms with Gasteiger partial charge < -0.3 is 15.6 Å². The summed E-state index contributed by atoms with van der Waals surface area (Å²) in [6, 6.07) is 15.4. The molecule has 1 aromatic heterocycles. The molecule has 3 N–H and O–H groups in total. The van der Waals surface area contributed by atoms with Crippen LogP contribution in [0.15, 0.2) is 54.6 Å². The first kappa shape index (κ1) is 18.4. The van der Waals surface area contributed by atoms with E-state index >= 15 is 0 Å². The van der Waals surface area contributed by atoms with Gasteiger partial charge in [0.2, 0.25) is 5.91 Å². The highest BCUT2D eigenvalue weighted by Gasteiger charge is 2.40. The average Bonchev–Trinajstić information content (AvgIpc) is 3.26. The van der Waals surface area contributed by atoms with Crippen LogP contribution in [-0.2, 0) is 16.0 Å². The first-order valence-corrected chi connectivity index (χ1v) is 10.2. The molecule has 3 aromatic rings. The van der Waals surface area contributed by atoms with Gasteiger partial charge >= 0.3 is 6.03 Å².